The summed E-state index contributed by atoms with van der Waals surface area (Å²) in [6.07, 6.45) is 1.07. The van der Waals surface area contributed by atoms with E-state index in [1.54, 1.807) is 0 Å². The molecule has 0 aromatic heterocycles. The van der Waals surface area contributed by atoms with Crippen LogP contribution >= 0.6 is 0 Å². The third-order valence-electron chi connectivity index (χ3n) is 2.46. The smallest absolute Gasteiger partial charge is 0.145 e. The van der Waals surface area contributed by atoms with E-state index in [0.29, 0.717) is 6.71 Å². The Bertz CT molecular complexity index is 93.6. The number of hydrogen-bond acceptors (Lipinski definition) is 2. The van der Waals surface area contributed by atoms with Gasteiger partial charge in [0.05, 0.1) is 0 Å². The Morgan fingerprint density at radius 2 is 1.80 bits per heavy atom. The van der Waals surface area contributed by atoms with Crippen molar-refractivity contribution in [1.29, 1.82) is 0 Å². The lowest BCUT2D eigenvalue weighted by atomic mass is 9.34. The minimum absolute atomic E-state index is 0.249. The molecule has 60 valence electrons. The van der Waals surface area contributed by atoms with Crippen LogP contribution in [0.1, 0.15) is 13.8 Å². The molecule has 0 aliphatic carbocycles. The third-order valence-corrected chi connectivity index (χ3v) is 2.46. The van der Waals surface area contributed by atoms with Crippen molar-refractivity contribution in [3.8, 4) is 0 Å². The standard InChI is InChI=1S/C7H19BN2/c1-7(2,6-10)8(3)4-5-9/h4-6,9-10H2,1-3H3. The topological polar surface area (TPSA) is 52.0 Å². The summed E-state index contributed by atoms with van der Waals surface area (Å²) < 4.78 is 0. The summed E-state index contributed by atoms with van der Waals surface area (Å²) in [6.45, 7) is 8.72. The highest BCUT2D eigenvalue weighted by Crippen LogP contribution is 2.27. The molecule has 0 saturated carbocycles. The zero-order chi connectivity index (χ0) is 8.20. The van der Waals surface area contributed by atoms with Gasteiger partial charge in [0, 0.05) is 0 Å². The van der Waals surface area contributed by atoms with Gasteiger partial charge in [0.15, 0.2) is 0 Å². The summed E-state index contributed by atoms with van der Waals surface area (Å²) in [7, 11) is 0. The van der Waals surface area contributed by atoms with Crippen molar-refractivity contribution < 1.29 is 0 Å². The maximum Gasteiger partial charge on any atom is 0.145 e. The molecule has 0 heterocycles. The fraction of sp³-hybridized carbons (Fsp3) is 1.00. The first-order valence-electron chi connectivity index (χ1n) is 3.94. The average Bonchev–Trinajstić information content (AvgIpc) is 1.89. The molecule has 0 bridgehead atoms. The van der Waals surface area contributed by atoms with Gasteiger partial charge in [-0.25, -0.2) is 0 Å². The van der Waals surface area contributed by atoms with Crippen molar-refractivity contribution in [3.05, 3.63) is 0 Å². The van der Waals surface area contributed by atoms with Gasteiger partial charge in [0.1, 0.15) is 6.71 Å². The normalized spacial score (nSPS) is 11.7. The Labute approximate surface area is 64.4 Å². The summed E-state index contributed by atoms with van der Waals surface area (Å²) in [6, 6.07) is 0. The summed E-state index contributed by atoms with van der Waals surface area (Å²) in [5.41, 5.74) is 11.0. The van der Waals surface area contributed by atoms with Gasteiger partial charge in [0.25, 0.3) is 0 Å². The molecule has 0 aromatic carbocycles. The average molecular weight is 142 g/mol. The van der Waals surface area contributed by atoms with Gasteiger partial charge in [-0.15, -0.1) is 0 Å². The molecule has 0 unspecified atom stereocenters. The largest absolute Gasteiger partial charge is 0.331 e. The third kappa shape index (κ3) is 2.71. The van der Waals surface area contributed by atoms with E-state index in [1.165, 1.54) is 0 Å². The van der Waals surface area contributed by atoms with E-state index in [4.69, 9.17) is 11.5 Å². The molecule has 0 aliphatic rings. The molecule has 0 fully saturated rings. The van der Waals surface area contributed by atoms with Gasteiger partial charge in [-0.1, -0.05) is 27.0 Å². The second-order valence-corrected chi connectivity index (χ2v) is 3.67. The van der Waals surface area contributed by atoms with E-state index in [9.17, 15) is 0 Å². The fourth-order valence-electron chi connectivity index (χ4n) is 0.842. The summed E-state index contributed by atoms with van der Waals surface area (Å²) in [5.74, 6) is 0. The van der Waals surface area contributed by atoms with Crippen molar-refractivity contribution in [3.63, 3.8) is 0 Å². The summed E-state index contributed by atoms with van der Waals surface area (Å²) >= 11 is 0. The van der Waals surface area contributed by atoms with Crippen molar-refractivity contribution in [1.82, 2.24) is 0 Å². The number of hydrogen-bond donors (Lipinski definition) is 2. The molecule has 3 heteroatoms. The molecular formula is C7H19BN2. The molecule has 0 radical (unpaired) electrons. The van der Waals surface area contributed by atoms with Crippen LogP contribution in [0.4, 0.5) is 0 Å². The van der Waals surface area contributed by atoms with Crippen molar-refractivity contribution in [2.24, 2.45) is 11.5 Å². The highest BCUT2D eigenvalue weighted by Gasteiger charge is 2.25. The Morgan fingerprint density at radius 3 is 2.10 bits per heavy atom. The summed E-state index contributed by atoms with van der Waals surface area (Å²) in [4.78, 5) is 0. The highest BCUT2D eigenvalue weighted by molar-refractivity contribution is 6.60. The Hall–Kier alpha value is -0.0151. The molecule has 0 atom stereocenters. The summed E-state index contributed by atoms with van der Waals surface area (Å²) in [5, 5.41) is 0.249. The molecule has 0 spiro atoms. The second kappa shape index (κ2) is 3.99. The van der Waals surface area contributed by atoms with E-state index in [0.717, 1.165) is 19.4 Å². The quantitative estimate of drug-likeness (QED) is 0.570. The zero-order valence-electron chi connectivity index (χ0n) is 7.35. The lowest BCUT2D eigenvalue weighted by Crippen LogP contribution is -2.33. The van der Waals surface area contributed by atoms with Gasteiger partial charge in [-0.3, -0.25) is 0 Å². The van der Waals surface area contributed by atoms with Crippen molar-refractivity contribution in [2.75, 3.05) is 13.1 Å². The van der Waals surface area contributed by atoms with Gasteiger partial charge in [0.2, 0.25) is 0 Å². The Kier molecular flexibility index (Phi) is 3.98. The SMILES string of the molecule is CB(CCN)C(C)(C)CN. The second-order valence-electron chi connectivity index (χ2n) is 3.67. The first-order chi connectivity index (χ1) is 4.54. The van der Waals surface area contributed by atoms with Crippen LogP contribution < -0.4 is 11.5 Å². The van der Waals surface area contributed by atoms with Crippen LogP contribution in [0.3, 0.4) is 0 Å². The first-order valence-corrected chi connectivity index (χ1v) is 3.94. The van der Waals surface area contributed by atoms with E-state index in [1.807, 2.05) is 0 Å². The van der Waals surface area contributed by atoms with Crippen LogP contribution in [-0.4, -0.2) is 19.8 Å². The molecule has 0 saturated heterocycles. The number of rotatable bonds is 4. The van der Waals surface area contributed by atoms with Crippen LogP contribution in [0.2, 0.25) is 18.5 Å². The maximum absolute atomic E-state index is 5.60. The molecule has 4 N–H and O–H groups in total. The van der Waals surface area contributed by atoms with Crippen LogP contribution in [0.25, 0.3) is 0 Å². The predicted octanol–water partition coefficient (Wildman–Crippen LogP) is 0.809. The van der Waals surface area contributed by atoms with Crippen molar-refractivity contribution in [2.45, 2.75) is 32.3 Å². The van der Waals surface area contributed by atoms with Crippen molar-refractivity contribution >= 4 is 6.71 Å². The van der Waals surface area contributed by atoms with E-state index in [-0.39, 0.29) is 5.31 Å². The first kappa shape index (κ1) is 9.98. The molecule has 0 aliphatic heterocycles. The van der Waals surface area contributed by atoms with Gasteiger partial charge in [-0.05, 0) is 18.4 Å². The van der Waals surface area contributed by atoms with E-state index in [2.05, 4.69) is 20.7 Å². The minimum atomic E-state index is 0.249. The van der Waals surface area contributed by atoms with Gasteiger partial charge in [-0.2, -0.15) is 0 Å². The predicted molar refractivity (Wildman–Crippen MR) is 48.6 cm³/mol. The van der Waals surface area contributed by atoms with Crippen LogP contribution in [0.15, 0.2) is 0 Å². The van der Waals surface area contributed by atoms with Gasteiger partial charge < -0.3 is 11.5 Å². The maximum atomic E-state index is 5.60. The molecule has 2 nitrogen and oxygen atoms in total. The molecule has 0 rings (SSSR count). The Morgan fingerprint density at radius 1 is 1.30 bits per heavy atom. The Balaban J connectivity index is 3.78. The van der Waals surface area contributed by atoms with E-state index >= 15 is 0 Å². The van der Waals surface area contributed by atoms with E-state index < -0.39 is 0 Å². The molecular weight excluding hydrogens is 123 g/mol. The number of nitrogens with two attached hydrogens (primary N) is 2. The zero-order valence-corrected chi connectivity index (χ0v) is 7.35. The minimum Gasteiger partial charge on any atom is -0.331 e. The molecule has 0 aromatic rings. The lowest BCUT2D eigenvalue weighted by Gasteiger charge is -2.27. The molecule has 10 heavy (non-hydrogen) atoms. The van der Waals surface area contributed by atoms with Crippen LogP contribution in [0.5, 0.6) is 0 Å². The fourth-order valence-corrected chi connectivity index (χ4v) is 0.842. The van der Waals surface area contributed by atoms with Crippen LogP contribution in [-0.2, 0) is 0 Å². The molecule has 0 amide bonds. The van der Waals surface area contributed by atoms with Gasteiger partial charge >= 0.3 is 0 Å². The lowest BCUT2D eigenvalue weighted by molar-refractivity contribution is 0.664. The monoisotopic (exact) mass is 142 g/mol. The van der Waals surface area contributed by atoms with Crippen LogP contribution in [0, 0.1) is 0 Å². The highest BCUT2D eigenvalue weighted by atomic mass is 14.6.